The number of halogens is 4. The number of nitrogens with one attached hydrogen (secondary N) is 2. The minimum absolute atomic E-state index is 0.00112. The molecule has 0 amide bonds. The molecule has 3 heterocycles. The van der Waals surface area contributed by atoms with E-state index in [-0.39, 0.29) is 19.2 Å². The molecule has 2 aromatic heterocycles. The van der Waals surface area contributed by atoms with Crippen molar-refractivity contribution >= 4 is 23.4 Å². The molecular formula is C19H22ClF3N6O. The normalized spacial score (nSPS) is 17.2. The van der Waals surface area contributed by atoms with Crippen molar-refractivity contribution in [3.05, 3.63) is 47.2 Å². The van der Waals surface area contributed by atoms with E-state index in [2.05, 4.69) is 30.5 Å². The molecule has 162 valence electrons. The van der Waals surface area contributed by atoms with Crippen molar-refractivity contribution in [2.45, 2.75) is 18.6 Å². The summed E-state index contributed by atoms with van der Waals surface area (Å²) in [5.74, 6) is 0.846. The van der Waals surface area contributed by atoms with E-state index in [1.54, 1.807) is 25.4 Å². The number of aromatic nitrogens is 2. The van der Waals surface area contributed by atoms with Crippen LogP contribution in [0.2, 0.25) is 5.02 Å². The number of alkyl halides is 3. The standard InChI is InChI=1S/C19H22ClF3N6O/c1-24-18(27-9-11-30-17-14(19(21,22)23)4-2-8-26-17)28-13-6-10-29(12-13)16-15(20)5-3-7-25-16/h2-5,7-8,13H,6,9-12H2,1H3,(H2,24,27,28). The Morgan fingerprint density at radius 1 is 1.30 bits per heavy atom. The second-order valence-corrected chi connectivity index (χ2v) is 6.99. The van der Waals surface area contributed by atoms with Crippen LogP contribution in [-0.2, 0) is 6.18 Å². The molecular weight excluding hydrogens is 421 g/mol. The van der Waals surface area contributed by atoms with Crippen LogP contribution < -0.4 is 20.3 Å². The second-order valence-electron chi connectivity index (χ2n) is 6.59. The van der Waals surface area contributed by atoms with Crippen LogP contribution in [0, 0.1) is 0 Å². The van der Waals surface area contributed by atoms with E-state index in [1.807, 2.05) is 0 Å². The van der Waals surface area contributed by atoms with Crippen LogP contribution in [0.3, 0.4) is 0 Å². The summed E-state index contributed by atoms with van der Waals surface area (Å²) < 4.78 is 44.1. The first-order valence-corrected chi connectivity index (χ1v) is 9.74. The number of rotatable bonds is 6. The number of guanidine groups is 1. The quantitative estimate of drug-likeness (QED) is 0.407. The van der Waals surface area contributed by atoms with Gasteiger partial charge in [0, 0.05) is 38.6 Å². The van der Waals surface area contributed by atoms with E-state index < -0.39 is 17.6 Å². The molecule has 1 fully saturated rings. The highest BCUT2D eigenvalue weighted by atomic mass is 35.5. The van der Waals surface area contributed by atoms with E-state index in [0.29, 0.717) is 17.5 Å². The minimum atomic E-state index is -4.51. The predicted octanol–water partition coefficient (Wildman–Crippen LogP) is 2.97. The molecule has 11 heteroatoms. The lowest BCUT2D eigenvalue weighted by Crippen LogP contribution is -2.45. The zero-order chi connectivity index (χ0) is 21.6. The molecule has 7 nitrogen and oxygen atoms in total. The van der Waals surface area contributed by atoms with E-state index in [1.165, 1.54) is 12.3 Å². The molecule has 1 aliphatic heterocycles. The summed E-state index contributed by atoms with van der Waals surface area (Å²) in [4.78, 5) is 14.2. The van der Waals surface area contributed by atoms with E-state index >= 15 is 0 Å². The Bertz CT molecular complexity index is 879. The maximum Gasteiger partial charge on any atom is 0.421 e. The van der Waals surface area contributed by atoms with Gasteiger partial charge in [-0.25, -0.2) is 9.97 Å². The van der Waals surface area contributed by atoms with Crippen molar-refractivity contribution in [3.8, 4) is 5.88 Å². The Morgan fingerprint density at radius 3 is 2.80 bits per heavy atom. The number of aliphatic imine (C=N–C) groups is 1. The zero-order valence-corrected chi connectivity index (χ0v) is 17.0. The number of nitrogens with zero attached hydrogens (tertiary/aromatic N) is 4. The van der Waals surface area contributed by atoms with Gasteiger partial charge in [0.05, 0.1) is 11.6 Å². The SMILES string of the molecule is CN=C(NCCOc1ncccc1C(F)(F)F)NC1CCN(c2ncccc2Cl)C1. The molecule has 1 saturated heterocycles. The van der Waals surface area contributed by atoms with E-state index in [9.17, 15) is 13.2 Å². The molecule has 0 bridgehead atoms. The van der Waals surface area contributed by atoms with Crippen LogP contribution >= 0.6 is 11.6 Å². The molecule has 0 spiro atoms. The molecule has 1 aliphatic rings. The fraction of sp³-hybridized carbons (Fsp3) is 0.421. The maximum absolute atomic E-state index is 13.0. The number of ether oxygens (including phenoxy) is 1. The van der Waals surface area contributed by atoms with Gasteiger partial charge in [-0.3, -0.25) is 4.99 Å². The molecule has 1 unspecified atom stereocenters. The molecule has 2 aromatic rings. The van der Waals surface area contributed by atoms with Crippen molar-refractivity contribution in [2.75, 3.05) is 38.2 Å². The Kier molecular flexibility index (Phi) is 7.20. The highest BCUT2D eigenvalue weighted by Gasteiger charge is 2.35. The molecule has 1 atom stereocenters. The van der Waals surface area contributed by atoms with Crippen LogP contribution in [0.15, 0.2) is 41.7 Å². The van der Waals surface area contributed by atoms with E-state index in [4.69, 9.17) is 16.3 Å². The van der Waals surface area contributed by atoms with E-state index in [0.717, 1.165) is 24.8 Å². The van der Waals surface area contributed by atoms with Gasteiger partial charge < -0.3 is 20.3 Å². The Labute approximate surface area is 177 Å². The van der Waals surface area contributed by atoms with Crippen molar-refractivity contribution in [1.82, 2.24) is 20.6 Å². The van der Waals surface area contributed by atoms with Gasteiger partial charge in [0.1, 0.15) is 18.0 Å². The third kappa shape index (κ3) is 5.65. The zero-order valence-electron chi connectivity index (χ0n) is 16.3. The lowest BCUT2D eigenvalue weighted by atomic mass is 10.2. The summed E-state index contributed by atoms with van der Waals surface area (Å²) >= 11 is 6.21. The van der Waals surface area contributed by atoms with Gasteiger partial charge >= 0.3 is 6.18 Å². The van der Waals surface area contributed by atoms with Crippen LogP contribution in [-0.4, -0.2) is 55.3 Å². The molecule has 30 heavy (non-hydrogen) atoms. The number of hydrogen-bond donors (Lipinski definition) is 2. The van der Waals surface area contributed by atoms with Crippen LogP contribution in [0.5, 0.6) is 5.88 Å². The Hall–Kier alpha value is -2.75. The van der Waals surface area contributed by atoms with Crippen LogP contribution in [0.1, 0.15) is 12.0 Å². The van der Waals surface area contributed by atoms with Gasteiger partial charge in [-0.05, 0) is 30.7 Å². The fourth-order valence-electron chi connectivity index (χ4n) is 3.11. The highest BCUT2D eigenvalue weighted by Crippen LogP contribution is 2.34. The summed E-state index contributed by atoms with van der Waals surface area (Å²) in [6, 6.07) is 5.88. The number of pyridine rings is 2. The van der Waals surface area contributed by atoms with Crippen molar-refractivity contribution in [3.63, 3.8) is 0 Å². The molecule has 0 aliphatic carbocycles. The lowest BCUT2D eigenvalue weighted by Gasteiger charge is -2.20. The number of anilines is 1. The van der Waals surface area contributed by atoms with Crippen molar-refractivity contribution in [2.24, 2.45) is 4.99 Å². The summed E-state index contributed by atoms with van der Waals surface area (Å²) in [6.45, 7) is 1.77. The first-order valence-electron chi connectivity index (χ1n) is 9.36. The topological polar surface area (TPSA) is 74.7 Å². The van der Waals surface area contributed by atoms with Gasteiger partial charge in [0.15, 0.2) is 5.96 Å². The third-order valence-electron chi connectivity index (χ3n) is 4.50. The number of hydrogen-bond acceptors (Lipinski definition) is 5. The first-order chi connectivity index (χ1) is 14.4. The monoisotopic (exact) mass is 442 g/mol. The fourth-order valence-corrected chi connectivity index (χ4v) is 3.35. The second kappa shape index (κ2) is 9.84. The predicted molar refractivity (Wildman–Crippen MR) is 109 cm³/mol. The molecule has 0 aromatic carbocycles. The van der Waals surface area contributed by atoms with Crippen LogP contribution in [0.4, 0.5) is 19.0 Å². The van der Waals surface area contributed by atoms with Crippen molar-refractivity contribution in [1.29, 1.82) is 0 Å². The minimum Gasteiger partial charge on any atom is -0.475 e. The molecule has 2 N–H and O–H groups in total. The lowest BCUT2D eigenvalue weighted by molar-refractivity contribution is -0.139. The average Bonchev–Trinajstić information content (AvgIpc) is 3.18. The van der Waals surface area contributed by atoms with Crippen LogP contribution in [0.25, 0.3) is 0 Å². The van der Waals surface area contributed by atoms with Gasteiger partial charge in [0.25, 0.3) is 0 Å². The molecule has 0 saturated carbocycles. The summed E-state index contributed by atoms with van der Waals surface area (Å²) in [7, 11) is 1.62. The smallest absolute Gasteiger partial charge is 0.421 e. The first kappa shape index (κ1) is 21.9. The summed E-state index contributed by atoms with van der Waals surface area (Å²) in [5.41, 5.74) is -0.897. The third-order valence-corrected chi connectivity index (χ3v) is 4.80. The summed E-state index contributed by atoms with van der Waals surface area (Å²) in [5, 5.41) is 6.93. The molecule has 3 rings (SSSR count). The summed E-state index contributed by atoms with van der Waals surface area (Å²) in [6.07, 6.45) is -0.682. The van der Waals surface area contributed by atoms with Gasteiger partial charge in [-0.2, -0.15) is 13.2 Å². The largest absolute Gasteiger partial charge is 0.475 e. The van der Waals surface area contributed by atoms with Gasteiger partial charge in [-0.15, -0.1) is 0 Å². The van der Waals surface area contributed by atoms with Gasteiger partial charge in [0.2, 0.25) is 5.88 Å². The highest BCUT2D eigenvalue weighted by molar-refractivity contribution is 6.32. The maximum atomic E-state index is 13.0. The Morgan fingerprint density at radius 2 is 2.07 bits per heavy atom. The van der Waals surface area contributed by atoms with Crippen molar-refractivity contribution < 1.29 is 17.9 Å². The Balaban J connectivity index is 1.46. The average molecular weight is 443 g/mol. The van der Waals surface area contributed by atoms with Gasteiger partial charge in [-0.1, -0.05) is 11.6 Å². The molecule has 0 radical (unpaired) electrons.